The van der Waals surface area contributed by atoms with Crippen molar-refractivity contribution in [2.24, 2.45) is 11.8 Å². The summed E-state index contributed by atoms with van der Waals surface area (Å²) in [6.07, 6.45) is 7.05. The van der Waals surface area contributed by atoms with Gasteiger partial charge < -0.3 is 19.7 Å². The number of ether oxygens (including phenoxy) is 2. The quantitative estimate of drug-likeness (QED) is 0.685. The highest BCUT2D eigenvalue weighted by Gasteiger charge is 2.34. The Hall–Kier alpha value is -1.99. The van der Waals surface area contributed by atoms with E-state index in [4.69, 9.17) is 9.47 Å². The number of aromatic nitrogens is 1. The zero-order chi connectivity index (χ0) is 22.2. The number of likely N-dealkylation sites (tertiary alicyclic amines) is 1. The van der Waals surface area contributed by atoms with Crippen LogP contribution in [0.2, 0.25) is 0 Å². The number of hydrogen-bond acceptors (Lipinski definition) is 5. The van der Waals surface area contributed by atoms with E-state index in [1.54, 1.807) is 0 Å². The van der Waals surface area contributed by atoms with E-state index in [0.29, 0.717) is 31.5 Å². The molecule has 3 heterocycles. The number of rotatable bonds is 8. The van der Waals surface area contributed by atoms with Crippen LogP contribution in [0.3, 0.4) is 0 Å². The van der Waals surface area contributed by atoms with Crippen molar-refractivity contribution in [2.75, 3.05) is 32.9 Å². The summed E-state index contributed by atoms with van der Waals surface area (Å²) in [4.78, 5) is 31.8. The number of hydrogen-bond donors (Lipinski definition) is 1. The molecule has 1 aromatic rings. The normalized spacial score (nSPS) is 20.5. The van der Waals surface area contributed by atoms with Gasteiger partial charge in [-0.05, 0) is 62.1 Å². The SMILES string of the molecule is CC(C)C(=O)NC(C(=O)N1CCC(c2ccncc2)CC1)C(C)OCC1CCOCC1. The molecule has 2 fully saturated rings. The van der Waals surface area contributed by atoms with Crippen LogP contribution in [0.15, 0.2) is 24.5 Å². The number of nitrogens with one attached hydrogen (secondary N) is 1. The minimum absolute atomic E-state index is 0.0401. The van der Waals surface area contributed by atoms with Gasteiger partial charge in [0, 0.05) is 44.6 Å². The van der Waals surface area contributed by atoms with E-state index in [2.05, 4.69) is 22.4 Å². The third kappa shape index (κ3) is 6.74. The number of carbonyl (C=O) groups is 2. The number of pyridine rings is 1. The monoisotopic (exact) mass is 431 g/mol. The van der Waals surface area contributed by atoms with Gasteiger partial charge in [0.1, 0.15) is 6.04 Å². The van der Waals surface area contributed by atoms with Crippen molar-refractivity contribution >= 4 is 11.8 Å². The maximum Gasteiger partial charge on any atom is 0.247 e. The summed E-state index contributed by atoms with van der Waals surface area (Å²) in [6.45, 7) is 9.07. The van der Waals surface area contributed by atoms with Gasteiger partial charge in [-0.3, -0.25) is 14.6 Å². The summed E-state index contributed by atoms with van der Waals surface area (Å²) in [5.74, 6) is 0.547. The number of carbonyl (C=O) groups excluding carboxylic acids is 2. The average molecular weight is 432 g/mol. The number of piperidine rings is 1. The van der Waals surface area contributed by atoms with Gasteiger partial charge in [0.05, 0.1) is 12.7 Å². The lowest BCUT2D eigenvalue weighted by Crippen LogP contribution is -2.56. The molecule has 2 aliphatic heterocycles. The van der Waals surface area contributed by atoms with Crippen LogP contribution >= 0.6 is 0 Å². The summed E-state index contributed by atoms with van der Waals surface area (Å²) in [6, 6.07) is 3.45. The minimum Gasteiger partial charge on any atom is -0.381 e. The van der Waals surface area contributed by atoms with Crippen LogP contribution in [0.5, 0.6) is 0 Å². The molecule has 0 saturated carbocycles. The molecule has 0 aromatic carbocycles. The van der Waals surface area contributed by atoms with Crippen LogP contribution in [0.4, 0.5) is 0 Å². The second kappa shape index (κ2) is 11.6. The summed E-state index contributed by atoms with van der Waals surface area (Å²) in [5.41, 5.74) is 1.28. The maximum absolute atomic E-state index is 13.4. The highest BCUT2D eigenvalue weighted by Crippen LogP contribution is 2.28. The molecule has 2 amide bonds. The van der Waals surface area contributed by atoms with Gasteiger partial charge in [-0.15, -0.1) is 0 Å². The fraction of sp³-hybridized carbons (Fsp3) is 0.708. The molecule has 1 N–H and O–H groups in total. The standard InChI is InChI=1S/C24H37N3O4/c1-17(2)23(28)26-22(18(3)31-16-19-8-14-30-15-9-19)24(29)27-12-6-21(7-13-27)20-4-10-25-11-5-20/h4-5,10-11,17-19,21-22H,6-9,12-16H2,1-3H3,(H,26,28). The van der Waals surface area contributed by atoms with Gasteiger partial charge in [0.15, 0.2) is 0 Å². The Balaban J connectivity index is 1.59. The fourth-order valence-corrected chi connectivity index (χ4v) is 4.26. The van der Waals surface area contributed by atoms with E-state index >= 15 is 0 Å². The summed E-state index contributed by atoms with van der Waals surface area (Å²) < 4.78 is 11.5. The highest BCUT2D eigenvalue weighted by atomic mass is 16.5. The lowest BCUT2D eigenvalue weighted by atomic mass is 9.89. The molecule has 2 saturated heterocycles. The second-order valence-electron chi connectivity index (χ2n) is 9.12. The van der Waals surface area contributed by atoms with Gasteiger partial charge in [-0.25, -0.2) is 0 Å². The fourth-order valence-electron chi connectivity index (χ4n) is 4.26. The molecule has 1 aromatic heterocycles. The van der Waals surface area contributed by atoms with Crippen LogP contribution in [-0.2, 0) is 19.1 Å². The van der Waals surface area contributed by atoms with Crippen molar-refractivity contribution in [2.45, 2.75) is 64.5 Å². The number of nitrogens with zero attached hydrogens (tertiary/aromatic N) is 2. The molecule has 2 unspecified atom stereocenters. The van der Waals surface area contributed by atoms with Crippen molar-refractivity contribution in [3.63, 3.8) is 0 Å². The van der Waals surface area contributed by atoms with Crippen molar-refractivity contribution in [1.82, 2.24) is 15.2 Å². The predicted molar refractivity (Wildman–Crippen MR) is 119 cm³/mol. The van der Waals surface area contributed by atoms with E-state index in [9.17, 15) is 9.59 Å². The molecule has 7 heteroatoms. The largest absolute Gasteiger partial charge is 0.381 e. The molecular formula is C24H37N3O4. The Morgan fingerprint density at radius 1 is 1.13 bits per heavy atom. The van der Waals surface area contributed by atoms with Gasteiger partial charge >= 0.3 is 0 Å². The average Bonchev–Trinajstić information content (AvgIpc) is 2.81. The smallest absolute Gasteiger partial charge is 0.247 e. The molecule has 0 radical (unpaired) electrons. The first-order valence-electron chi connectivity index (χ1n) is 11.6. The lowest BCUT2D eigenvalue weighted by molar-refractivity contribution is -0.143. The first kappa shape index (κ1) is 23.7. The van der Waals surface area contributed by atoms with Crippen molar-refractivity contribution in [3.05, 3.63) is 30.1 Å². The van der Waals surface area contributed by atoms with E-state index in [-0.39, 0.29) is 23.8 Å². The van der Waals surface area contributed by atoms with E-state index < -0.39 is 6.04 Å². The Labute approximate surface area is 185 Å². The molecule has 0 spiro atoms. The highest BCUT2D eigenvalue weighted by molar-refractivity contribution is 5.88. The third-order valence-corrected chi connectivity index (χ3v) is 6.48. The number of amides is 2. The van der Waals surface area contributed by atoms with Crippen LogP contribution in [0, 0.1) is 11.8 Å². The van der Waals surface area contributed by atoms with Crippen LogP contribution < -0.4 is 5.32 Å². The van der Waals surface area contributed by atoms with Crippen molar-refractivity contribution in [1.29, 1.82) is 0 Å². The van der Waals surface area contributed by atoms with Crippen molar-refractivity contribution < 1.29 is 19.1 Å². The molecule has 3 rings (SSSR count). The van der Waals surface area contributed by atoms with Gasteiger partial charge in [-0.1, -0.05) is 13.8 Å². The Morgan fingerprint density at radius 2 is 1.77 bits per heavy atom. The lowest BCUT2D eigenvalue weighted by Gasteiger charge is -2.36. The Kier molecular flexibility index (Phi) is 8.84. The Bertz CT molecular complexity index is 698. The van der Waals surface area contributed by atoms with Crippen molar-refractivity contribution in [3.8, 4) is 0 Å². The second-order valence-corrected chi connectivity index (χ2v) is 9.12. The minimum atomic E-state index is -0.660. The van der Waals surface area contributed by atoms with Gasteiger partial charge in [0.25, 0.3) is 0 Å². The molecule has 0 aliphatic carbocycles. The topological polar surface area (TPSA) is 80.8 Å². The third-order valence-electron chi connectivity index (χ3n) is 6.48. The van der Waals surface area contributed by atoms with E-state index in [0.717, 1.165) is 38.9 Å². The Morgan fingerprint density at radius 3 is 2.39 bits per heavy atom. The summed E-state index contributed by atoms with van der Waals surface area (Å²) in [5, 5.41) is 2.96. The molecule has 7 nitrogen and oxygen atoms in total. The molecule has 172 valence electrons. The van der Waals surface area contributed by atoms with E-state index in [1.807, 2.05) is 38.1 Å². The van der Waals surface area contributed by atoms with Gasteiger partial charge in [-0.2, -0.15) is 0 Å². The van der Waals surface area contributed by atoms with Crippen LogP contribution in [0.1, 0.15) is 57.9 Å². The molecule has 0 bridgehead atoms. The molecule has 2 atom stereocenters. The molecule has 2 aliphatic rings. The van der Waals surface area contributed by atoms with Crippen LogP contribution in [0.25, 0.3) is 0 Å². The van der Waals surface area contributed by atoms with E-state index in [1.165, 1.54) is 5.56 Å². The molecular weight excluding hydrogens is 394 g/mol. The van der Waals surface area contributed by atoms with Gasteiger partial charge in [0.2, 0.25) is 11.8 Å². The predicted octanol–water partition coefficient (Wildman–Crippen LogP) is 2.76. The molecule has 31 heavy (non-hydrogen) atoms. The first-order valence-corrected chi connectivity index (χ1v) is 11.6. The maximum atomic E-state index is 13.4. The summed E-state index contributed by atoms with van der Waals surface area (Å²) in [7, 11) is 0. The zero-order valence-electron chi connectivity index (χ0n) is 19.1. The van der Waals surface area contributed by atoms with Crippen LogP contribution in [-0.4, -0.2) is 66.8 Å². The zero-order valence-corrected chi connectivity index (χ0v) is 19.1. The first-order chi connectivity index (χ1) is 15.0. The summed E-state index contributed by atoms with van der Waals surface area (Å²) >= 11 is 0.